The number of carboxylic acid groups (broad SMARTS) is 1. The standard InChI is InChI=1S/C15H21N3O6S/c1-9(8-14(20)21)16-15(22)10(2)18-25(23,24)13-6-4-12(5-7-13)17-11(3)19/h4-7,9-10,18H,8H2,1-3H3,(H,16,22)(H,17,19)(H,20,21). The van der Waals surface area contributed by atoms with Gasteiger partial charge in [-0.2, -0.15) is 4.72 Å². The van der Waals surface area contributed by atoms with Gasteiger partial charge in [-0.1, -0.05) is 0 Å². The van der Waals surface area contributed by atoms with Crippen LogP contribution in [0, 0.1) is 0 Å². The molecule has 138 valence electrons. The van der Waals surface area contributed by atoms with Crippen LogP contribution in [0.5, 0.6) is 0 Å². The number of anilines is 1. The summed E-state index contributed by atoms with van der Waals surface area (Å²) in [7, 11) is -3.95. The molecule has 4 N–H and O–H groups in total. The average molecular weight is 371 g/mol. The summed E-state index contributed by atoms with van der Waals surface area (Å²) in [5.74, 6) is -1.98. The van der Waals surface area contributed by atoms with E-state index in [0.717, 1.165) is 0 Å². The number of carbonyl (C=O) groups is 3. The molecule has 25 heavy (non-hydrogen) atoms. The minimum atomic E-state index is -3.95. The fourth-order valence-electron chi connectivity index (χ4n) is 1.96. The zero-order chi connectivity index (χ0) is 19.2. The average Bonchev–Trinajstić information content (AvgIpc) is 2.45. The molecule has 0 aliphatic carbocycles. The van der Waals surface area contributed by atoms with Crippen molar-refractivity contribution in [2.45, 2.75) is 44.2 Å². The van der Waals surface area contributed by atoms with Crippen LogP contribution in [0.25, 0.3) is 0 Å². The molecule has 2 amide bonds. The fourth-order valence-corrected chi connectivity index (χ4v) is 3.16. The van der Waals surface area contributed by atoms with E-state index in [9.17, 15) is 22.8 Å². The highest BCUT2D eigenvalue weighted by molar-refractivity contribution is 7.89. The van der Waals surface area contributed by atoms with Crippen molar-refractivity contribution in [1.82, 2.24) is 10.0 Å². The van der Waals surface area contributed by atoms with Crippen LogP contribution in [0.4, 0.5) is 5.69 Å². The second-order valence-corrected chi connectivity index (χ2v) is 7.27. The molecule has 0 bridgehead atoms. The Hall–Kier alpha value is -2.46. The Morgan fingerprint density at radius 1 is 1.12 bits per heavy atom. The summed E-state index contributed by atoms with van der Waals surface area (Å²) < 4.78 is 26.8. The Balaban J connectivity index is 2.74. The quantitative estimate of drug-likeness (QED) is 0.517. The number of benzene rings is 1. The normalized spacial score (nSPS) is 13.6. The lowest BCUT2D eigenvalue weighted by atomic mass is 10.2. The van der Waals surface area contributed by atoms with Crippen LogP contribution in [0.2, 0.25) is 0 Å². The van der Waals surface area contributed by atoms with Gasteiger partial charge in [0.15, 0.2) is 0 Å². The molecule has 9 nitrogen and oxygen atoms in total. The first kappa shape index (κ1) is 20.6. The first-order valence-electron chi connectivity index (χ1n) is 7.43. The number of aliphatic carboxylic acids is 1. The summed E-state index contributed by atoms with van der Waals surface area (Å²) >= 11 is 0. The zero-order valence-electron chi connectivity index (χ0n) is 14.1. The van der Waals surface area contributed by atoms with Crippen molar-refractivity contribution in [2.24, 2.45) is 0 Å². The zero-order valence-corrected chi connectivity index (χ0v) is 14.9. The van der Waals surface area contributed by atoms with Crippen molar-refractivity contribution in [3.63, 3.8) is 0 Å². The maximum Gasteiger partial charge on any atom is 0.305 e. The SMILES string of the molecule is CC(=O)Nc1ccc(S(=O)(=O)NC(C)C(=O)NC(C)CC(=O)O)cc1. The van der Waals surface area contributed by atoms with Gasteiger partial charge in [-0.25, -0.2) is 8.42 Å². The van der Waals surface area contributed by atoms with Crippen LogP contribution in [0.15, 0.2) is 29.2 Å². The second-order valence-electron chi connectivity index (χ2n) is 5.56. The van der Waals surface area contributed by atoms with E-state index in [1.54, 1.807) is 0 Å². The minimum absolute atomic E-state index is 0.0696. The third-order valence-corrected chi connectivity index (χ3v) is 4.64. The third kappa shape index (κ3) is 6.89. The Labute approximate surface area is 145 Å². The van der Waals surface area contributed by atoms with E-state index in [-0.39, 0.29) is 17.2 Å². The molecular formula is C15H21N3O6S. The molecule has 2 atom stereocenters. The third-order valence-electron chi connectivity index (χ3n) is 3.08. The maximum absolute atomic E-state index is 12.3. The highest BCUT2D eigenvalue weighted by Crippen LogP contribution is 2.14. The Morgan fingerprint density at radius 3 is 2.16 bits per heavy atom. The minimum Gasteiger partial charge on any atom is -0.481 e. The molecule has 10 heteroatoms. The molecule has 0 radical (unpaired) electrons. The number of amides is 2. The molecule has 0 aliphatic rings. The van der Waals surface area contributed by atoms with E-state index in [0.29, 0.717) is 5.69 Å². The van der Waals surface area contributed by atoms with E-state index in [1.165, 1.54) is 45.0 Å². The summed E-state index contributed by atoms with van der Waals surface area (Å²) in [6.07, 6.45) is -0.268. The van der Waals surface area contributed by atoms with E-state index < -0.39 is 34.0 Å². The summed E-state index contributed by atoms with van der Waals surface area (Å²) in [5, 5.41) is 13.6. The Kier molecular flexibility index (Phi) is 7.07. The fraction of sp³-hybridized carbons (Fsp3) is 0.400. The van der Waals surface area contributed by atoms with Gasteiger partial charge in [0.1, 0.15) is 0 Å². The van der Waals surface area contributed by atoms with Gasteiger partial charge in [-0.3, -0.25) is 14.4 Å². The van der Waals surface area contributed by atoms with E-state index >= 15 is 0 Å². The van der Waals surface area contributed by atoms with Gasteiger partial charge in [0.2, 0.25) is 21.8 Å². The van der Waals surface area contributed by atoms with Crippen LogP contribution >= 0.6 is 0 Å². The van der Waals surface area contributed by atoms with Gasteiger partial charge in [0.05, 0.1) is 17.4 Å². The molecule has 1 aromatic carbocycles. The lowest BCUT2D eigenvalue weighted by Gasteiger charge is -2.17. The van der Waals surface area contributed by atoms with Crippen molar-refractivity contribution >= 4 is 33.5 Å². The molecule has 0 aromatic heterocycles. The summed E-state index contributed by atoms with van der Waals surface area (Å²) in [5.41, 5.74) is 0.444. The van der Waals surface area contributed by atoms with E-state index in [1.807, 2.05) is 0 Å². The van der Waals surface area contributed by atoms with Crippen LogP contribution in [0.1, 0.15) is 27.2 Å². The van der Waals surface area contributed by atoms with Crippen molar-refractivity contribution in [3.8, 4) is 0 Å². The summed E-state index contributed by atoms with van der Waals surface area (Å²) in [4.78, 5) is 33.4. The molecule has 1 aromatic rings. The number of sulfonamides is 1. The number of carboxylic acids is 1. The highest BCUT2D eigenvalue weighted by atomic mass is 32.2. The first-order valence-corrected chi connectivity index (χ1v) is 8.91. The van der Waals surface area contributed by atoms with Gasteiger partial charge in [-0.05, 0) is 38.1 Å². The lowest BCUT2D eigenvalue weighted by molar-refractivity contribution is -0.137. The van der Waals surface area contributed by atoms with Gasteiger partial charge in [0, 0.05) is 18.7 Å². The number of carbonyl (C=O) groups excluding carboxylic acids is 2. The van der Waals surface area contributed by atoms with Crippen molar-refractivity contribution in [3.05, 3.63) is 24.3 Å². The molecule has 0 saturated carbocycles. The number of nitrogens with one attached hydrogen (secondary N) is 3. The summed E-state index contributed by atoms with van der Waals surface area (Å²) in [6, 6.07) is 3.73. The maximum atomic E-state index is 12.3. The molecule has 0 heterocycles. The number of rotatable bonds is 8. The molecule has 1 rings (SSSR count). The number of hydrogen-bond donors (Lipinski definition) is 4. The molecule has 2 unspecified atom stereocenters. The molecule has 0 aliphatic heterocycles. The van der Waals surface area contributed by atoms with Crippen molar-refractivity contribution < 1.29 is 27.9 Å². The predicted octanol–water partition coefficient (Wildman–Crippen LogP) is 0.291. The van der Waals surface area contributed by atoms with Gasteiger partial charge in [-0.15, -0.1) is 0 Å². The number of hydrogen-bond acceptors (Lipinski definition) is 5. The first-order chi connectivity index (χ1) is 11.5. The van der Waals surface area contributed by atoms with E-state index in [2.05, 4.69) is 15.4 Å². The van der Waals surface area contributed by atoms with Crippen molar-refractivity contribution in [1.29, 1.82) is 0 Å². The van der Waals surface area contributed by atoms with Crippen LogP contribution in [-0.2, 0) is 24.4 Å². The van der Waals surface area contributed by atoms with Crippen LogP contribution in [0.3, 0.4) is 0 Å². The largest absolute Gasteiger partial charge is 0.481 e. The lowest BCUT2D eigenvalue weighted by Crippen LogP contribution is -2.47. The monoisotopic (exact) mass is 371 g/mol. The highest BCUT2D eigenvalue weighted by Gasteiger charge is 2.23. The van der Waals surface area contributed by atoms with Crippen LogP contribution < -0.4 is 15.4 Å². The van der Waals surface area contributed by atoms with Gasteiger partial charge >= 0.3 is 5.97 Å². The van der Waals surface area contributed by atoms with Crippen LogP contribution in [-0.4, -0.2) is 43.4 Å². The summed E-state index contributed by atoms with van der Waals surface area (Å²) in [6.45, 7) is 4.19. The Bertz CT molecular complexity index is 745. The molecule has 0 spiro atoms. The van der Waals surface area contributed by atoms with Gasteiger partial charge < -0.3 is 15.7 Å². The topological polar surface area (TPSA) is 142 Å². The predicted molar refractivity (Wildman–Crippen MR) is 90.4 cm³/mol. The van der Waals surface area contributed by atoms with E-state index in [4.69, 9.17) is 5.11 Å². The molecule has 0 saturated heterocycles. The molecular weight excluding hydrogens is 350 g/mol. The van der Waals surface area contributed by atoms with Crippen molar-refractivity contribution in [2.75, 3.05) is 5.32 Å². The second kappa shape index (κ2) is 8.58. The smallest absolute Gasteiger partial charge is 0.305 e. The van der Waals surface area contributed by atoms with Gasteiger partial charge in [0.25, 0.3) is 0 Å². The Morgan fingerprint density at radius 2 is 1.68 bits per heavy atom. The molecule has 0 fully saturated rings.